The van der Waals surface area contributed by atoms with Gasteiger partial charge in [-0.1, -0.05) is 38.5 Å². The molecule has 0 aliphatic heterocycles. The second-order valence-electron chi connectivity index (χ2n) is 5.90. The molecule has 1 amide bonds. The number of tetrazole rings is 1. The summed E-state index contributed by atoms with van der Waals surface area (Å²) in [7, 11) is 1.89. The SMILES string of the molecule is CCCCn1nnnc1CN(C)CC(=O)Nc1ccccc1CC. The highest BCUT2D eigenvalue weighted by atomic mass is 16.2. The van der Waals surface area contributed by atoms with Gasteiger partial charge in [0.2, 0.25) is 5.91 Å². The first kappa shape index (κ1) is 18.1. The van der Waals surface area contributed by atoms with Gasteiger partial charge < -0.3 is 5.32 Å². The Kier molecular flexibility index (Phi) is 6.87. The van der Waals surface area contributed by atoms with Crippen molar-refractivity contribution in [1.82, 2.24) is 25.1 Å². The Morgan fingerprint density at radius 2 is 2.08 bits per heavy atom. The summed E-state index contributed by atoms with van der Waals surface area (Å²) in [5.74, 6) is 0.749. The van der Waals surface area contributed by atoms with Crippen LogP contribution < -0.4 is 5.32 Å². The quantitative estimate of drug-likeness (QED) is 0.762. The number of hydrogen-bond acceptors (Lipinski definition) is 5. The number of unbranched alkanes of at least 4 members (excludes halogenated alkanes) is 1. The van der Waals surface area contributed by atoms with E-state index in [0.29, 0.717) is 13.1 Å². The minimum Gasteiger partial charge on any atom is -0.325 e. The molecule has 130 valence electrons. The first-order chi connectivity index (χ1) is 11.6. The molecule has 7 heteroatoms. The second kappa shape index (κ2) is 9.12. The van der Waals surface area contributed by atoms with Crippen LogP contribution in [0.15, 0.2) is 24.3 Å². The van der Waals surface area contributed by atoms with E-state index in [1.165, 1.54) is 0 Å². The number of aromatic nitrogens is 4. The molecule has 2 aromatic rings. The average Bonchev–Trinajstić information content (AvgIpc) is 3.00. The van der Waals surface area contributed by atoms with Crippen molar-refractivity contribution in [3.8, 4) is 0 Å². The van der Waals surface area contributed by atoms with Gasteiger partial charge >= 0.3 is 0 Å². The number of para-hydroxylation sites is 1. The Morgan fingerprint density at radius 3 is 2.83 bits per heavy atom. The normalized spacial score (nSPS) is 11.0. The van der Waals surface area contributed by atoms with Crippen LogP contribution in [0.25, 0.3) is 0 Å². The molecule has 0 radical (unpaired) electrons. The number of likely N-dealkylation sites (N-methyl/N-ethyl adjacent to an activating group) is 1. The van der Waals surface area contributed by atoms with Gasteiger partial charge in [0.1, 0.15) is 0 Å². The van der Waals surface area contributed by atoms with Crippen LogP contribution in [0.5, 0.6) is 0 Å². The fourth-order valence-electron chi connectivity index (χ4n) is 2.50. The van der Waals surface area contributed by atoms with E-state index in [1.54, 1.807) is 0 Å². The third kappa shape index (κ3) is 5.13. The summed E-state index contributed by atoms with van der Waals surface area (Å²) in [4.78, 5) is 14.2. The van der Waals surface area contributed by atoms with E-state index in [0.717, 1.165) is 42.9 Å². The summed E-state index contributed by atoms with van der Waals surface area (Å²) < 4.78 is 1.81. The van der Waals surface area contributed by atoms with Crippen molar-refractivity contribution in [2.75, 3.05) is 18.9 Å². The Balaban J connectivity index is 1.89. The van der Waals surface area contributed by atoms with E-state index in [1.807, 2.05) is 40.9 Å². The zero-order chi connectivity index (χ0) is 17.4. The monoisotopic (exact) mass is 330 g/mol. The molecule has 0 aliphatic rings. The predicted molar refractivity (Wildman–Crippen MR) is 93.5 cm³/mol. The van der Waals surface area contributed by atoms with Crippen LogP contribution in [-0.4, -0.2) is 44.6 Å². The first-order valence-corrected chi connectivity index (χ1v) is 8.45. The Hall–Kier alpha value is -2.28. The molecule has 7 nitrogen and oxygen atoms in total. The maximum Gasteiger partial charge on any atom is 0.238 e. The largest absolute Gasteiger partial charge is 0.325 e. The average molecular weight is 330 g/mol. The smallest absolute Gasteiger partial charge is 0.238 e. The number of hydrogen-bond donors (Lipinski definition) is 1. The molecule has 1 aromatic heterocycles. The van der Waals surface area contributed by atoms with Gasteiger partial charge in [0.15, 0.2) is 5.82 Å². The van der Waals surface area contributed by atoms with Gasteiger partial charge in [-0.05, 0) is 41.9 Å². The molecular formula is C17H26N6O. The number of carbonyl (C=O) groups excluding carboxylic acids is 1. The van der Waals surface area contributed by atoms with Crippen LogP contribution in [-0.2, 0) is 24.3 Å². The predicted octanol–water partition coefficient (Wildman–Crippen LogP) is 2.11. The number of rotatable bonds is 9. The lowest BCUT2D eigenvalue weighted by Gasteiger charge is -2.16. The van der Waals surface area contributed by atoms with Crippen molar-refractivity contribution in [2.45, 2.75) is 46.2 Å². The van der Waals surface area contributed by atoms with Gasteiger partial charge in [-0.2, -0.15) is 0 Å². The maximum absolute atomic E-state index is 12.3. The number of anilines is 1. The lowest BCUT2D eigenvalue weighted by atomic mass is 10.1. The molecule has 0 aliphatic carbocycles. The molecule has 0 bridgehead atoms. The van der Waals surface area contributed by atoms with E-state index in [4.69, 9.17) is 0 Å². The Morgan fingerprint density at radius 1 is 1.29 bits per heavy atom. The van der Waals surface area contributed by atoms with Crippen LogP contribution in [0.1, 0.15) is 38.1 Å². The van der Waals surface area contributed by atoms with Gasteiger partial charge in [0.25, 0.3) is 0 Å². The summed E-state index contributed by atoms with van der Waals surface area (Å²) in [6.45, 7) is 5.85. The zero-order valence-electron chi connectivity index (χ0n) is 14.7. The molecule has 0 fully saturated rings. The minimum atomic E-state index is -0.0361. The van der Waals surface area contributed by atoms with Crippen molar-refractivity contribution in [2.24, 2.45) is 0 Å². The lowest BCUT2D eigenvalue weighted by Crippen LogP contribution is -2.31. The fourth-order valence-corrected chi connectivity index (χ4v) is 2.50. The Labute approximate surface area is 143 Å². The standard InChI is InChI=1S/C17H26N6O/c1-4-6-11-23-16(19-20-21-23)12-22(3)13-17(24)18-15-10-8-7-9-14(15)5-2/h7-10H,4-6,11-13H2,1-3H3,(H,18,24). The van der Waals surface area contributed by atoms with Crippen molar-refractivity contribution in [3.63, 3.8) is 0 Å². The van der Waals surface area contributed by atoms with E-state index < -0.39 is 0 Å². The highest BCUT2D eigenvalue weighted by Crippen LogP contribution is 2.15. The molecule has 1 aromatic carbocycles. The Bertz CT molecular complexity index is 654. The summed E-state index contributed by atoms with van der Waals surface area (Å²) in [6, 6.07) is 7.88. The van der Waals surface area contributed by atoms with Gasteiger partial charge in [-0.3, -0.25) is 9.69 Å². The fraction of sp³-hybridized carbons (Fsp3) is 0.529. The van der Waals surface area contributed by atoms with Crippen LogP contribution in [0, 0.1) is 0 Å². The molecule has 0 saturated heterocycles. The molecule has 0 unspecified atom stereocenters. The molecule has 0 spiro atoms. The topological polar surface area (TPSA) is 75.9 Å². The second-order valence-corrected chi connectivity index (χ2v) is 5.90. The van der Waals surface area contributed by atoms with Crippen molar-refractivity contribution < 1.29 is 4.79 Å². The van der Waals surface area contributed by atoms with Crippen LogP contribution in [0.4, 0.5) is 5.69 Å². The molecule has 0 atom stereocenters. The lowest BCUT2D eigenvalue weighted by molar-refractivity contribution is -0.117. The molecule has 1 heterocycles. The molecule has 2 rings (SSSR count). The summed E-state index contributed by atoms with van der Waals surface area (Å²) in [6.07, 6.45) is 3.02. The molecular weight excluding hydrogens is 304 g/mol. The number of aryl methyl sites for hydroxylation is 2. The third-order valence-corrected chi connectivity index (χ3v) is 3.83. The van der Waals surface area contributed by atoms with Crippen molar-refractivity contribution in [1.29, 1.82) is 0 Å². The van der Waals surface area contributed by atoms with Crippen LogP contribution in [0.3, 0.4) is 0 Å². The third-order valence-electron chi connectivity index (χ3n) is 3.83. The summed E-state index contributed by atoms with van der Waals surface area (Å²) in [5, 5.41) is 14.8. The highest BCUT2D eigenvalue weighted by molar-refractivity contribution is 5.92. The number of carbonyl (C=O) groups is 1. The zero-order valence-corrected chi connectivity index (χ0v) is 14.7. The summed E-state index contributed by atoms with van der Waals surface area (Å²) >= 11 is 0. The molecule has 24 heavy (non-hydrogen) atoms. The van der Waals surface area contributed by atoms with Gasteiger partial charge in [0, 0.05) is 12.2 Å². The van der Waals surface area contributed by atoms with E-state index >= 15 is 0 Å². The van der Waals surface area contributed by atoms with Crippen molar-refractivity contribution in [3.05, 3.63) is 35.7 Å². The van der Waals surface area contributed by atoms with Crippen LogP contribution in [0.2, 0.25) is 0 Å². The van der Waals surface area contributed by atoms with Gasteiger partial charge in [-0.25, -0.2) is 4.68 Å². The first-order valence-electron chi connectivity index (χ1n) is 8.45. The minimum absolute atomic E-state index is 0.0361. The number of benzene rings is 1. The number of amides is 1. The highest BCUT2D eigenvalue weighted by Gasteiger charge is 2.13. The van der Waals surface area contributed by atoms with Crippen LogP contribution >= 0.6 is 0 Å². The molecule has 0 saturated carbocycles. The molecule has 1 N–H and O–H groups in total. The number of nitrogens with zero attached hydrogens (tertiary/aromatic N) is 5. The van der Waals surface area contributed by atoms with Crippen molar-refractivity contribution >= 4 is 11.6 Å². The van der Waals surface area contributed by atoms with E-state index in [-0.39, 0.29) is 5.91 Å². The summed E-state index contributed by atoms with van der Waals surface area (Å²) in [5.41, 5.74) is 2.02. The van der Waals surface area contributed by atoms with Gasteiger partial charge in [-0.15, -0.1) is 5.10 Å². The van der Waals surface area contributed by atoms with E-state index in [9.17, 15) is 4.79 Å². The van der Waals surface area contributed by atoms with E-state index in [2.05, 4.69) is 34.7 Å². The maximum atomic E-state index is 12.3. The number of nitrogens with one attached hydrogen (secondary N) is 1. The van der Waals surface area contributed by atoms with Gasteiger partial charge in [0.05, 0.1) is 13.1 Å².